The van der Waals surface area contributed by atoms with Gasteiger partial charge in [-0.15, -0.1) is 10.2 Å². The molecule has 1 amide bonds. The first kappa shape index (κ1) is 22.6. The number of carbonyl (C=O) groups is 1. The zero-order valence-corrected chi connectivity index (χ0v) is 19.5. The number of hydrogen-bond donors (Lipinski definition) is 1. The number of halogens is 1. The number of nitrogens with zero attached hydrogens (tertiary/aromatic N) is 3. The van der Waals surface area contributed by atoms with Crippen LogP contribution in [0.2, 0.25) is 5.02 Å². The number of anilines is 1. The molecule has 1 saturated heterocycles. The predicted molar refractivity (Wildman–Crippen MR) is 126 cm³/mol. The molecular weight excluding hydrogens is 448 g/mol. The Morgan fingerprint density at radius 1 is 1.25 bits per heavy atom. The maximum atomic E-state index is 12.7. The first-order valence-corrected chi connectivity index (χ1v) is 11.7. The van der Waals surface area contributed by atoms with Gasteiger partial charge in [0.1, 0.15) is 5.75 Å². The van der Waals surface area contributed by atoms with Gasteiger partial charge in [0, 0.05) is 22.9 Å². The molecule has 7 nitrogen and oxygen atoms in total. The van der Waals surface area contributed by atoms with E-state index < -0.39 is 0 Å². The minimum absolute atomic E-state index is 0.112. The molecule has 168 valence electrons. The number of hydrogen-bond acceptors (Lipinski definition) is 6. The highest BCUT2D eigenvalue weighted by Crippen LogP contribution is 2.30. The molecule has 0 spiro atoms. The summed E-state index contributed by atoms with van der Waals surface area (Å²) in [6, 6.07) is 14.8. The van der Waals surface area contributed by atoms with Gasteiger partial charge >= 0.3 is 0 Å². The number of nitrogens with one attached hydrogen (secondary N) is 1. The van der Waals surface area contributed by atoms with Gasteiger partial charge in [0.05, 0.1) is 25.0 Å². The van der Waals surface area contributed by atoms with Crippen LogP contribution >= 0.6 is 23.4 Å². The lowest BCUT2D eigenvalue weighted by Crippen LogP contribution is -2.23. The van der Waals surface area contributed by atoms with Crippen LogP contribution in [-0.4, -0.2) is 45.7 Å². The number of amides is 1. The number of aromatic nitrogens is 3. The summed E-state index contributed by atoms with van der Waals surface area (Å²) >= 11 is 7.30. The Morgan fingerprint density at radius 3 is 2.66 bits per heavy atom. The Kier molecular flexibility index (Phi) is 7.34. The molecule has 1 aliphatic heterocycles. The van der Waals surface area contributed by atoms with E-state index in [2.05, 4.69) is 20.1 Å². The van der Waals surface area contributed by atoms with Crippen molar-refractivity contribution >= 4 is 35.0 Å². The van der Waals surface area contributed by atoms with E-state index in [1.807, 2.05) is 31.2 Å². The third-order valence-electron chi connectivity index (χ3n) is 5.24. The molecule has 0 aliphatic carbocycles. The quantitative estimate of drug-likeness (QED) is 0.469. The lowest BCUT2D eigenvalue weighted by Gasteiger charge is -2.16. The summed E-state index contributed by atoms with van der Waals surface area (Å²) in [7, 11) is 1.64. The number of benzene rings is 2. The first-order valence-electron chi connectivity index (χ1n) is 10.5. The second-order valence-corrected chi connectivity index (χ2v) is 9.28. The summed E-state index contributed by atoms with van der Waals surface area (Å²) in [5, 5.41) is 12.7. The zero-order chi connectivity index (χ0) is 22.5. The average molecular weight is 473 g/mol. The average Bonchev–Trinajstić information content (AvgIpc) is 3.46. The predicted octanol–water partition coefficient (Wildman–Crippen LogP) is 4.91. The molecule has 0 saturated carbocycles. The lowest BCUT2D eigenvalue weighted by atomic mass is 10.2. The van der Waals surface area contributed by atoms with Crippen molar-refractivity contribution in [1.29, 1.82) is 0 Å². The molecule has 1 aliphatic rings. The zero-order valence-electron chi connectivity index (χ0n) is 18.0. The molecule has 3 aromatic rings. The fraction of sp³-hybridized carbons (Fsp3) is 0.348. The van der Waals surface area contributed by atoms with Gasteiger partial charge in [0.25, 0.3) is 0 Å². The van der Waals surface area contributed by atoms with Crippen molar-refractivity contribution in [1.82, 2.24) is 14.8 Å². The summed E-state index contributed by atoms with van der Waals surface area (Å²) in [6.07, 6.45) is 2.16. The molecule has 2 atom stereocenters. The maximum absolute atomic E-state index is 12.7. The highest BCUT2D eigenvalue weighted by molar-refractivity contribution is 8.00. The first-order chi connectivity index (χ1) is 15.5. The van der Waals surface area contributed by atoms with Gasteiger partial charge in [-0.05, 0) is 68.3 Å². The minimum atomic E-state index is -0.373. The van der Waals surface area contributed by atoms with Crippen LogP contribution in [-0.2, 0) is 16.1 Å². The summed E-state index contributed by atoms with van der Waals surface area (Å²) in [6.45, 7) is 3.27. The standard InChI is InChI=1S/C23H25ClN4O3S/c1-15(22(29)25-18-9-7-17(24)8-10-18)32-23-27-26-21(16-5-11-19(30-2)12-6-16)28(23)14-20-4-3-13-31-20/h5-12,15,20H,3-4,13-14H2,1-2H3,(H,25,29). The molecule has 2 aromatic carbocycles. The summed E-state index contributed by atoms with van der Waals surface area (Å²) in [4.78, 5) is 12.7. The van der Waals surface area contributed by atoms with Crippen molar-refractivity contribution in [2.75, 3.05) is 19.0 Å². The normalized spacial score (nSPS) is 16.7. The highest BCUT2D eigenvalue weighted by atomic mass is 35.5. The lowest BCUT2D eigenvalue weighted by molar-refractivity contribution is -0.115. The molecule has 0 bridgehead atoms. The molecule has 1 aromatic heterocycles. The van der Waals surface area contributed by atoms with Crippen molar-refractivity contribution in [3.05, 3.63) is 53.6 Å². The van der Waals surface area contributed by atoms with E-state index in [1.54, 1.807) is 31.4 Å². The van der Waals surface area contributed by atoms with Gasteiger partial charge in [-0.2, -0.15) is 0 Å². The summed E-state index contributed by atoms with van der Waals surface area (Å²) in [5.74, 6) is 1.41. The van der Waals surface area contributed by atoms with Crippen molar-refractivity contribution in [3.63, 3.8) is 0 Å². The van der Waals surface area contributed by atoms with Crippen LogP contribution in [0, 0.1) is 0 Å². The van der Waals surface area contributed by atoms with Gasteiger partial charge in [-0.25, -0.2) is 0 Å². The van der Waals surface area contributed by atoms with Crippen molar-refractivity contribution < 1.29 is 14.3 Å². The maximum Gasteiger partial charge on any atom is 0.237 e. The Hall–Kier alpha value is -2.55. The van der Waals surface area contributed by atoms with E-state index in [4.69, 9.17) is 21.1 Å². The summed E-state index contributed by atoms with van der Waals surface area (Å²) < 4.78 is 13.2. The van der Waals surface area contributed by atoms with Gasteiger partial charge in [0.15, 0.2) is 11.0 Å². The van der Waals surface area contributed by atoms with Crippen molar-refractivity contribution in [2.24, 2.45) is 0 Å². The molecular formula is C23H25ClN4O3S. The fourth-order valence-corrected chi connectivity index (χ4v) is 4.46. The fourth-order valence-electron chi connectivity index (χ4n) is 3.47. The van der Waals surface area contributed by atoms with Gasteiger partial charge < -0.3 is 14.8 Å². The highest BCUT2D eigenvalue weighted by Gasteiger charge is 2.24. The molecule has 4 rings (SSSR count). The topological polar surface area (TPSA) is 78.3 Å². The molecule has 32 heavy (non-hydrogen) atoms. The molecule has 2 unspecified atom stereocenters. The van der Waals surface area contributed by atoms with Crippen molar-refractivity contribution in [2.45, 2.75) is 42.8 Å². The third-order valence-corrected chi connectivity index (χ3v) is 6.57. The van der Waals surface area contributed by atoms with Crippen molar-refractivity contribution in [3.8, 4) is 17.1 Å². The number of thioether (sulfide) groups is 1. The van der Waals surface area contributed by atoms with Crippen LogP contribution in [0.4, 0.5) is 5.69 Å². The van der Waals surface area contributed by atoms with Gasteiger partial charge in [-0.1, -0.05) is 23.4 Å². The van der Waals surface area contributed by atoms with Crippen LogP contribution < -0.4 is 10.1 Å². The third kappa shape index (κ3) is 5.43. The monoisotopic (exact) mass is 472 g/mol. The van der Waals surface area contributed by atoms with Gasteiger partial charge in [-0.3, -0.25) is 9.36 Å². The Bertz CT molecular complexity index is 1050. The van der Waals surface area contributed by atoms with E-state index in [-0.39, 0.29) is 17.3 Å². The number of rotatable bonds is 8. The number of methoxy groups -OCH3 is 1. The SMILES string of the molecule is COc1ccc(-c2nnc(SC(C)C(=O)Nc3ccc(Cl)cc3)n2CC2CCCO2)cc1. The molecule has 0 radical (unpaired) electrons. The molecule has 9 heteroatoms. The van der Waals surface area contributed by atoms with Crippen LogP contribution in [0.15, 0.2) is 53.7 Å². The summed E-state index contributed by atoms with van der Waals surface area (Å²) in [5.41, 5.74) is 1.63. The second-order valence-electron chi connectivity index (χ2n) is 7.54. The smallest absolute Gasteiger partial charge is 0.237 e. The van der Waals surface area contributed by atoms with E-state index in [9.17, 15) is 4.79 Å². The second kappa shape index (κ2) is 10.4. The molecule has 2 heterocycles. The largest absolute Gasteiger partial charge is 0.497 e. The minimum Gasteiger partial charge on any atom is -0.497 e. The van der Waals surface area contributed by atoms with Crippen LogP contribution in [0.25, 0.3) is 11.4 Å². The number of ether oxygens (including phenoxy) is 2. The van der Waals surface area contributed by atoms with E-state index in [0.717, 1.165) is 36.6 Å². The van der Waals surface area contributed by atoms with Crippen LogP contribution in [0.1, 0.15) is 19.8 Å². The number of carbonyl (C=O) groups excluding carboxylic acids is 1. The molecule has 1 fully saturated rings. The Labute approximate surface area is 196 Å². The van der Waals surface area contributed by atoms with Gasteiger partial charge in [0.2, 0.25) is 5.91 Å². The Morgan fingerprint density at radius 2 is 2.00 bits per heavy atom. The van der Waals surface area contributed by atoms with E-state index in [0.29, 0.717) is 22.4 Å². The van der Waals surface area contributed by atoms with E-state index >= 15 is 0 Å². The Balaban J connectivity index is 1.54. The van der Waals surface area contributed by atoms with E-state index in [1.165, 1.54) is 11.8 Å². The molecule has 1 N–H and O–H groups in total. The van der Waals surface area contributed by atoms with Crippen LogP contribution in [0.5, 0.6) is 5.75 Å². The van der Waals surface area contributed by atoms with Crippen LogP contribution in [0.3, 0.4) is 0 Å².